The molecule has 2 aromatic carbocycles. The monoisotopic (exact) mass is 346 g/mol. The summed E-state index contributed by atoms with van der Waals surface area (Å²) >= 11 is 0. The van der Waals surface area contributed by atoms with Crippen LogP contribution in [0.25, 0.3) is 0 Å². The number of rotatable bonds is 5. The fraction of sp³-hybridized carbons (Fsp3) is 0.263. The van der Waals surface area contributed by atoms with Crippen molar-refractivity contribution in [1.29, 1.82) is 0 Å². The van der Waals surface area contributed by atoms with E-state index in [1.165, 1.54) is 19.9 Å². The highest BCUT2D eigenvalue weighted by Gasteiger charge is 2.37. The second kappa shape index (κ2) is 7.42. The van der Waals surface area contributed by atoms with Crippen molar-refractivity contribution in [3.63, 3.8) is 0 Å². The van der Waals surface area contributed by atoms with Gasteiger partial charge in [0.15, 0.2) is 0 Å². The van der Waals surface area contributed by atoms with Crippen molar-refractivity contribution in [2.75, 3.05) is 10.6 Å². The summed E-state index contributed by atoms with van der Waals surface area (Å²) in [6.45, 7) is 4.74. The maximum absolute atomic E-state index is 13.7. The molecule has 4 nitrogen and oxygen atoms in total. The van der Waals surface area contributed by atoms with Gasteiger partial charge in [-0.25, -0.2) is 8.78 Å². The molecule has 0 heterocycles. The third-order valence-electron chi connectivity index (χ3n) is 3.98. The number of carbonyl (C=O) groups is 2. The molecule has 25 heavy (non-hydrogen) atoms. The fourth-order valence-corrected chi connectivity index (χ4v) is 2.22. The molecule has 0 aliphatic rings. The van der Waals surface area contributed by atoms with E-state index in [1.54, 1.807) is 12.1 Å². The highest BCUT2D eigenvalue weighted by atomic mass is 19.1. The van der Waals surface area contributed by atoms with Crippen LogP contribution in [0.4, 0.5) is 20.2 Å². The molecule has 0 spiro atoms. The van der Waals surface area contributed by atoms with Crippen molar-refractivity contribution < 1.29 is 18.4 Å². The van der Waals surface area contributed by atoms with Gasteiger partial charge in [-0.15, -0.1) is 0 Å². The van der Waals surface area contributed by atoms with Gasteiger partial charge in [-0.3, -0.25) is 9.59 Å². The first kappa shape index (κ1) is 18.6. The van der Waals surface area contributed by atoms with Crippen molar-refractivity contribution in [2.45, 2.75) is 27.2 Å². The lowest BCUT2D eigenvalue weighted by Crippen LogP contribution is -2.42. The Balaban J connectivity index is 2.19. The van der Waals surface area contributed by atoms with Crippen LogP contribution in [0.3, 0.4) is 0 Å². The number of amides is 2. The average molecular weight is 346 g/mol. The topological polar surface area (TPSA) is 58.2 Å². The number of hydrogen-bond donors (Lipinski definition) is 2. The molecule has 0 aliphatic heterocycles. The van der Waals surface area contributed by atoms with Crippen LogP contribution in [-0.4, -0.2) is 11.8 Å². The van der Waals surface area contributed by atoms with Crippen LogP contribution in [-0.2, 0) is 16.0 Å². The van der Waals surface area contributed by atoms with Gasteiger partial charge in [0.25, 0.3) is 0 Å². The summed E-state index contributed by atoms with van der Waals surface area (Å²) in [7, 11) is 0. The molecule has 2 N–H and O–H groups in total. The summed E-state index contributed by atoms with van der Waals surface area (Å²) < 4.78 is 27.4. The number of aryl methyl sites for hydroxylation is 1. The van der Waals surface area contributed by atoms with Crippen molar-refractivity contribution >= 4 is 23.2 Å². The standard InChI is InChI=1S/C19H20F2N2O2/c1-4-12-8-5-6-11-15(12)22-17(24)19(2,3)18(25)23-16-13(20)9-7-10-14(16)21/h5-11H,4H2,1-3H3,(H,22,24)(H,23,25). The predicted molar refractivity (Wildman–Crippen MR) is 93.2 cm³/mol. The number of anilines is 2. The van der Waals surface area contributed by atoms with E-state index in [4.69, 9.17) is 0 Å². The third-order valence-corrected chi connectivity index (χ3v) is 3.98. The minimum Gasteiger partial charge on any atom is -0.325 e. The zero-order valence-electron chi connectivity index (χ0n) is 14.3. The molecule has 0 fully saturated rings. The van der Waals surface area contributed by atoms with Gasteiger partial charge in [0.2, 0.25) is 11.8 Å². The van der Waals surface area contributed by atoms with E-state index in [0.29, 0.717) is 12.1 Å². The Morgan fingerprint density at radius 2 is 1.48 bits per heavy atom. The Morgan fingerprint density at radius 1 is 0.920 bits per heavy atom. The zero-order valence-corrected chi connectivity index (χ0v) is 14.3. The van der Waals surface area contributed by atoms with E-state index in [1.807, 2.05) is 19.1 Å². The summed E-state index contributed by atoms with van der Waals surface area (Å²) in [5.41, 5.74) is -0.572. The van der Waals surface area contributed by atoms with Gasteiger partial charge in [0, 0.05) is 5.69 Å². The third kappa shape index (κ3) is 4.02. The summed E-state index contributed by atoms with van der Waals surface area (Å²) in [6, 6.07) is 10.5. The first-order valence-electron chi connectivity index (χ1n) is 7.92. The molecule has 2 amide bonds. The SMILES string of the molecule is CCc1ccccc1NC(=O)C(C)(C)C(=O)Nc1c(F)cccc1F. The highest BCUT2D eigenvalue weighted by Crippen LogP contribution is 2.25. The van der Waals surface area contributed by atoms with E-state index in [0.717, 1.165) is 17.7 Å². The lowest BCUT2D eigenvalue weighted by atomic mass is 9.90. The maximum Gasteiger partial charge on any atom is 0.239 e. The predicted octanol–water partition coefficient (Wildman–Crippen LogP) is 4.13. The molecule has 0 aromatic heterocycles. The molecule has 6 heteroatoms. The number of halogens is 2. The van der Waals surface area contributed by atoms with Crippen molar-refractivity contribution in [1.82, 2.24) is 0 Å². The quantitative estimate of drug-likeness (QED) is 0.800. The van der Waals surface area contributed by atoms with Crippen LogP contribution < -0.4 is 10.6 Å². The lowest BCUT2D eigenvalue weighted by Gasteiger charge is -2.23. The summed E-state index contributed by atoms with van der Waals surface area (Å²) in [5.74, 6) is -3.17. The molecule has 132 valence electrons. The molecule has 0 aliphatic carbocycles. The van der Waals surface area contributed by atoms with Gasteiger partial charge in [0.1, 0.15) is 22.7 Å². The molecular formula is C19H20F2N2O2. The van der Waals surface area contributed by atoms with E-state index in [2.05, 4.69) is 10.6 Å². The Labute approximate surface area is 145 Å². The van der Waals surface area contributed by atoms with E-state index < -0.39 is 34.6 Å². The fourth-order valence-electron chi connectivity index (χ4n) is 2.22. The Morgan fingerprint density at radius 3 is 2.08 bits per heavy atom. The van der Waals surface area contributed by atoms with Gasteiger partial charge in [-0.1, -0.05) is 31.2 Å². The second-order valence-electron chi connectivity index (χ2n) is 6.14. The van der Waals surface area contributed by atoms with E-state index in [9.17, 15) is 18.4 Å². The van der Waals surface area contributed by atoms with E-state index in [-0.39, 0.29) is 0 Å². The largest absolute Gasteiger partial charge is 0.325 e. The molecule has 0 saturated carbocycles. The summed E-state index contributed by atoms with van der Waals surface area (Å²) in [6.07, 6.45) is 0.712. The van der Waals surface area contributed by atoms with Crippen molar-refractivity contribution in [3.8, 4) is 0 Å². The molecular weight excluding hydrogens is 326 g/mol. The van der Waals surface area contributed by atoms with Crippen molar-refractivity contribution in [3.05, 3.63) is 59.7 Å². The van der Waals surface area contributed by atoms with Crippen LogP contribution in [0, 0.1) is 17.0 Å². The molecule has 0 bridgehead atoms. The van der Waals surface area contributed by atoms with Gasteiger partial charge >= 0.3 is 0 Å². The number of carbonyl (C=O) groups excluding carboxylic acids is 2. The lowest BCUT2D eigenvalue weighted by molar-refractivity contribution is -0.135. The van der Waals surface area contributed by atoms with Crippen LogP contribution in [0.1, 0.15) is 26.3 Å². The molecule has 0 saturated heterocycles. The number of nitrogens with one attached hydrogen (secondary N) is 2. The van der Waals surface area contributed by atoms with Crippen molar-refractivity contribution in [2.24, 2.45) is 5.41 Å². The first-order chi connectivity index (χ1) is 11.8. The summed E-state index contributed by atoms with van der Waals surface area (Å²) in [5, 5.41) is 4.87. The van der Waals surface area contributed by atoms with Crippen LogP contribution in [0.15, 0.2) is 42.5 Å². The number of hydrogen-bond acceptors (Lipinski definition) is 2. The summed E-state index contributed by atoms with van der Waals surface area (Å²) in [4.78, 5) is 25.0. The maximum atomic E-state index is 13.7. The van der Waals surface area contributed by atoms with Gasteiger partial charge < -0.3 is 10.6 Å². The molecule has 2 aromatic rings. The average Bonchev–Trinajstić information content (AvgIpc) is 2.58. The second-order valence-corrected chi connectivity index (χ2v) is 6.14. The zero-order chi connectivity index (χ0) is 18.6. The van der Waals surface area contributed by atoms with Crippen LogP contribution in [0.5, 0.6) is 0 Å². The van der Waals surface area contributed by atoms with Gasteiger partial charge in [-0.2, -0.15) is 0 Å². The smallest absolute Gasteiger partial charge is 0.239 e. The number of benzene rings is 2. The number of para-hydroxylation sites is 2. The highest BCUT2D eigenvalue weighted by molar-refractivity contribution is 6.14. The Kier molecular flexibility index (Phi) is 5.51. The van der Waals surface area contributed by atoms with E-state index >= 15 is 0 Å². The Bertz CT molecular complexity index is 784. The molecule has 0 unspecified atom stereocenters. The minimum absolute atomic E-state index is 0.567. The molecule has 0 radical (unpaired) electrons. The van der Waals surface area contributed by atoms with Crippen LogP contribution in [0.2, 0.25) is 0 Å². The minimum atomic E-state index is -1.53. The first-order valence-corrected chi connectivity index (χ1v) is 7.92. The van der Waals surface area contributed by atoms with Crippen LogP contribution >= 0.6 is 0 Å². The Hall–Kier alpha value is -2.76. The van der Waals surface area contributed by atoms with Gasteiger partial charge in [0.05, 0.1) is 0 Å². The van der Waals surface area contributed by atoms with Gasteiger partial charge in [-0.05, 0) is 44.0 Å². The normalized spacial score (nSPS) is 11.1. The molecule has 2 rings (SSSR count). The molecule has 0 atom stereocenters.